The zero-order valence-electron chi connectivity index (χ0n) is 15.5. The van der Waals surface area contributed by atoms with Crippen LogP contribution in [0.4, 0.5) is 5.69 Å². The Morgan fingerprint density at radius 1 is 1.36 bits per heavy atom. The molecule has 0 saturated heterocycles. The Morgan fingerprint density at radius 3 is 2.76 bits per heavy atom. The molecule has 0 saturated carbocycles. The Hall–Kier alpha value is -2.01. The van der Waals surface area contributed by atoms with E-state index >= 15 is 0 Å². The van der Waals surface area contributed by atoms with Gasteiger partial charge >= 0.3 is 0 Å². The normalized spacial score (nSPS) is 16.4. The summed E-state index contributed by atoms with van der Waals surface area (Å²) in [5.74, 6) is -0.00346. The number of amides is 1. The second kappa shape index (κ2) is 7.08. The molecular weight excluding hydrogens is 336 g/mol. The van der Waals surface area contributed by atoms with Crippen molar-refractivity contribution in [3.8, 4) is 11.3 Å². The molecule has 6 heteroatoms. The maximum absolute atomic E-state index is 12.2. The average molecular weight is 363 g/mol. The van der Waals surface area contributed by atoms with E-state index in [9.17, 15) is 4.79 Å². The highest BCUT2D eigenvalue weighted by Crippen LogP contribution is 2.34. The van der Waals surface area contributed by atoms with Gasteiger partial charge in [0.1, 0.15) is 6.54 Å². The first kappa shape index (κ1) is 19.3. The topological polar surface area (TPSA) is 50.2 Å². The van der Waals surface area contributed by atoms with Crippen molar-refractivity contribution in [3.05, 3.63) is 36.3 Å². The number of benzene rings is 1. The summed E-state index contributed by atoms with van der Waals surface area (Å²) >= 11 is 0. The van der Waals surface area contributed by atoms with Crippen LogP contribution >= 0.6 is 12.4 Å². The standard InChI is InChI=1S/C19H26N4O.ClH/c1-13-8-15-9-14(6-7-16(15)22(13)5)17-10-20-12-23(17)11-18(24)21-19(2,3)4;/h6-7,9-10,12-13H,8,11H2,1-5H3,(H,21,24);1H. The van der Waals surface area contributed by atoms with E-state index in [0.717, 1.165) is 17.7 Å². The number of hydrogen-bond donors (Lipinski definition) is 1. The van der Waals surface area contributed by atoms with Crippen LogP contribution < -0.4 is 10.2 Å². The molecule has 0 aliphatic carbocycles. The van der Waals surface area contributed by atoms with Gasteiger partial charge in [0.2, 0.25) is 5.91 Å². The summed E-state index contributed by atoms with van der Waals surface area (Å²) < 4.78 is 1.91. The smallest absolute Gasteiger partial charge is 0.240 e. The molecule has 1 aromatic carbocycles. The van der Waals surface area contributed by atoms with Gasteiger partial charge in [-0.25, -0.2) is 4.98 Å². The van der Waals surface area contributed by atoms with E-state index in [2.05, 4.69) is 47.4 Å². The number of rotatable bonds is 3. The molecule has 2 heterocycles. The second-order valence-corrected chi connectivity index (χ2v) is 7.71. The van der Waals surface area contributed by atoms with Crippen LogP contribution in [0.2, 0.25) is 0 Å². The first-order valence-corrected chi connectivity index (χ1v) is 8.42. The summed E-state index contributed by atoms with van der Waals surface area (Å²) in [4.78, 5) is 18.8. The van der Waals surface area contributed by atoms with Crippen molar-refractivity contribution >= 4 is 24.0 Å². The average Bonchev–Trinajstić information content (AvgIpc) is 3.02. The first-order valence-electron chi connectivity index (χ1n) is 8.42. The van der Waals surface area contributed by atoms with E-state index in [0.29, 0.717) is 6.04 Å². The molecule has 25 heavy (non-hydrogen) atoms. The van der Waals surface area contributed by atoms with Crippen molar-refractivity contribution < 1.29 is 4.79 Å². The Labute approximate surface area is 155 Å². The van der Waals surface area contributed by atoms with E-state index in [1.165, 1.54) is 11.3 Å². The zero-order chi connectivity index (χ0) is 17.5. The number of carbonyl (C=O) groups is 1. The van der Waals surface area contributed by atoms with Gasteiger partial charge in [0.25, 0.3) is 0 Å². The Kier molecular flexibility index (Phi) is 5.47. The molecule has 0 radical (unpaired) electrons. The summed E-state index contributed by atoms with van der Waals surface area (Å²) in [7, 11) is 2.14. The molecule has 1 aliphatic heterocycles. The highest BCUT2D eigenvalue weighted by molar-refractivity contribution is 5.85. The first-order chi connectivity index (χ1) is 11.2. The van der Waals surface area contributed by atoms with Crippen LogP contribution in [0.3, 0.4) is 0 Å². The fourth-order valence-electron chi connectivity index (χ4n) is 3.24. The molecule has 1 N–H and O–H groups in total. The predicted octanol–water partition coefficient (Wildman–Crippen LogP) is 3.27. The summed E-state index contributed by atoms with van der Waals surface area (Å²) in [6, 6.07) is 7.03. The largest absolute Gasteiger partial charge is 0.371 e. The van der Waals surface area contributed by atoms with Crippen molar-refractivity contribution in [3.63, 3.8) is 0 Å². The lowest BCUT2D eigenvalue weighted by atomic mass is 10.1. The number of likely N-dealkylation sites (N-methyl/N-ethyl adjacent to an activating group) is 1. The summed E-state index contributed by atoms with van der Waals surface area (Å²) in [6.45, 7) is 8.47. The molecule has 1 aromatic heterocycles. The van der Waals surface area contributed by atoms with Crippen LogP contribution in [-0.4, -0.2) is 34.1 Å². The molecule has 0 fully saturated rings. The number of fused-ring (bicyclic) bond motifs is 1. The fourth-order valence-corrected chi connectivity index (χ4v) is 3.24. The minimum Gasteiger partial charge on any atom is -0.371 e. The molecule has 136 valence electrons. The molecule has 1 atom stereocenters. The molecule has 2 aromatic rings. The van der Waals surface area contributed by atoms with Gasteiger partial charge in [0.05, 0.1) is 18.2 Å². The van der Waals surface area contributed by atoms with Crippen LogP contribution in [0.5, 0.6) is 0 Å². The maximum Gasteiger partial charge on any atom is 0.240 e. The van der Waals surface area contributed by atoms with Crippen molar-refractivity contribution in [2.45, 2.75) is 52.2 Å². The Balaban J connectivity index is 0.00000225. The van der Waals surface area contributed by atoms with Gasteiger partial charge in [-0.05, 0) is 51.8 Å². The lowest BCUT2D eigenvalue weighted by Gasteiger charge is -2.21. The summed E-state index contributed by atoms with van der Waals surface area (Å²) in [5, 5.41) is 3.00. The highest BCUT2D eigenvalue weighted by Gasteiger charge is 2.23. The molecule has 1 unspecified atom stereocenters. The quantitative estimate of drug-likeness (QED) is 0.911. The number of aromatic nitrogens is 2. The minimum atomic E-state index is -0.230. The van der Waals surface area contributed by atoms with E-state index in [1.807, 2.05) is 31.5 Å². The fraction of sp³-hybridized carbons (Fsp3) is 0.474. The molecule has 1 amide bonds. The van der Waals surface area contributed by atoms with Gasteiger partial charge in [0, 0.05) is 29.9 Å². The van der Waals surface area contributed by atoms with E-state index in [-0.39, 0.29) is 30.4 Å². The molecule has 3 rings (SSSR count). The lowest BCUT2D eigenvalue weighted by molar-refractivity contribution is -0.123. The van der Waals surface area contributed by atoms with Crippen LogP contribution in [0.25, 0.3) is 11.3 Å². The second-order valence-electron chi connectivity index (χ2n) is 7.71. The lowest BCUT2D eigenvalue weighted by Crippen LogP contribution is -2.42. The van der Waals surface area contributed by atoms with Crippen LogP contribution in [0, 0.1) is 0 Å². The Bertz CT molecular complexity index is 763. The maximum atomic E-state index is 12.2. The molecule has 5 nitrogen and oxygen atoms in total. The number of nitrogens with one attached hydrogen (secondary N) is 1. The minimum absolute atomic E-state index is 0. The van der Waals surface area contributed by atoms with Crippen LogP contribution in [-0.2, 0) is 17.8 Å². The summed E-state index contributed by atoms with van der Waals surface area (Å²) in [6.07, 6.45) is 4.60. The number of halogens is 1. The van der Waals surface area contributed by atoms with Gasteiger partial charge in [-0.1, -0.05) is 6.07 Å². The van der Waals surface area contributed by atoms with Gasteiger partial charge in [-0.2, -0.15) is 0 Å². The Morgan fingerprint density at radius 2 is 2.08 bits per heavy atom. The molecule has 0 spiro atoms. The molecule has 1 aliphatic rings. The molecule has 0 bridgehead atoms. The van der Waals surface area contributed by atoms with Gasteiger partial charge in [-0.3, -0.25) is 4.79 Å². The van der Waals surface area contributed by atoms with Gasteiger partial charge < -0.3 is 14.8 Å². The van der Waals surface area contributed by atoms with Crippen molar-refractivity contribution in [1.29, 1.82) is 0 Å². The number of carbonyl (C=O) groups excluding carboxylic acids is 1. The van der Waals surface area contributed by atoms with Gasteiger partial charge in [-0.15, -0.1) is 12.4 Å². The van der Waals surface area contributed by atoms with Gasteiger partial charge in [0.15, 0.2) is 0 Å². The number of anilines is 1. The highest BCUT2D eigenvalue weighted by atomic mass is 35.5. The van der Waals surface area contributed by atoms with Crippen LogP contribution in [0.1, 0.15) is 33.3 Å². The predicted molar refractivity (Wildman–Crippen MR) is 104 cm³/mol. The summed E-state index contributed by atoms with van der Waals surface area (Å²) in [5.41, 5.74) is 4.50. The third-order valence-electron chi connectivity index (χ3n) is 4.47. The number of nitrogens with zero attached hydrogens (tertiary/aromatic N) is 3. The van der Waals surface area contributed by atoms with E-state index in [4.69, 9.17) is 0 Å². The van der Waals surface area contributed by atoms with E-state index < -0.39 is 0 Å². The third kappa shape index (κ3) is 4.15. The van der Waals surface area contributed by atoms with Crippen molar-refractivity contribution in [2.24, 2.45) is 0 Å². The molecular formula is C19H27ClN4O. The van der Waals surface area contributed by atoms with Crippen LogP contribution in [0.15, 0.2) is 30.7 Å². The van der Waals surface area contributed by atoms with Crippen molar-refractivity contribution in [2.75, 3.05) is 11.9 Å². The third-order valence-corrected chi connectivity index (χ3v) is 4.47. The van der Waals surface area contributed by atoms with E-state index in [1.54, 1.807) is 6.33 Å². The van der Waals surface area contributed by atoms with Crippen molar-refractivity contribution in [1.82, 2.24) is 14.9 Å². The monoisotopic (exact) mass is 362 g/mol. The SMILES string of the molecule is CC1Cc2cc(-c3cncn3CC(=O)NC(C)(C)C)ccc2N1C.Cl. The number of imidazole rings is 1. The zero-order valence-corrected chi connectivity index (χ0v) is 16.4. The number of hydrogen-bond acceptors (Lipinski definition) is 3.